The van der Waals surface area contributed by atoms with Gasteiger partial charge in [0.25, 0.3) is 5.91 Å². The minimum atomic E-state index is -0.666. The lowest BCUT2D eigenvalue weighted by Gasteiger charge is -2.36. The van der Waals surface area contributed by atoms with Crippen LogP contribution in [-0.2, 0) is 14.3 Å². The van der Waals surface area contributed by atoms with Crippen molar-refractivity contribution in [3.05, 3.63) is 53.8 Å². The minimum Gasteiger partial charge on any atom is -0.490 e. The van der Waals surface area contributed by atoms with Crippen molar-refractivity contribution in [2.75, 3.05) is 50.9 Å². The number of nitrogens with zero attached hydrogens (tertiary/aromatic N) is 2. The van der Waals surface area contributed by atoms with Crippen molar-refractivity contribution in [1.29, 1.82) is 0 Å². The van der Waals surface area contributed by atoms with Crippen molar-refractivity contribution in [3.63, 3.8) is 0 Å². The van der Waals surface area contributed by atoms with E-state index in [-0.39, 0.29) is 18.3 Å². The zero-order chi connectivity index (χ0) is 23.8. The molecule has 3 rings (SSSR count). The number of esters is 1. The van der Waals surface area contributed by atoms with Crippen molar-refractivity contribution in [3.8, 4) is 11.5 Å². The molecule has 2 aromatic rings. The van der Waals surface area contributed by atoms with Crippen LogP contribution >= 0.6 is 0 Å². The van der Waals surface area contributed by atoms with Gasteiger partial charge in [-0.05, 0) is 44.2 Å². The standard InChI is InChI=1S/C24H27FN2O6/c1-3-31-21-6-4-5-7-22(21)32-16-24(30)33-15-23(29)27-12-10-26(11-13-27)20-9-8-18(17(2)28)14-19(20)25/h4-9,14H,3,10-13,15-16H2,1-2H3. The summed E-state index contributed by atoms with van der Waals surface area (Å²) in [5.41, 5.74) is 0.709. The molecule has 0 saturated carbocycles. The molecule has 0 aliphatic carbocycles. The lowest BCUT2D eigenvalue weighted by molar-refractivity contribution is -0.153. The minimum absolute atomic E-state index is 0.200. The highest BCUT2D eigenvalue weighted by Crippen LogP contribution is 2.26. The number of para-hydroxylation sites is 2. The first-order valence-corrected chi connectivity index (χ1v) is 10.7. The van der Waals surface area contributed by atoms with Gasteiger partial charge in [-0.15, -0.1) is 0 Å². The fraction of sp³-hybridized carbons (Fsp3) is 0.375. The van der Waals surface area contributed by atoms with Crippen molar-refractivity contribution in [2.45, 2.75) is 13.8 Å². The molecule has 0 bridgehead atoms. The van der Waals surface area contributed by atoms with E-state index < -0.39 is 18.4 Å². The Balaban J connectivity index is 1.43. The van der Waals surface area contributed by atoms with Gasteiger partial charge in [-0.25, -0.2) is 9.18 Å². The van der Waals surface area contributed by atoms with E-state index in [1.165, 1.54) is 13.0 Å². The number of piperazine rings is 1. The molecule has 0 atom stereocenters. The van der Waals surface area contributed by atoms with Crippen LogP contribution in [0.2, 0.25) is 0 Å². The van der Waals surface area contributed by atoms with Gasteiger partial charge in [-0.1, -0.05) is 12.1 Å². The van der Waals surface area contributed by atoms with E-state index in [0.29, 0.717) is 55.5 Å². The summed E-state index contributed by atoms with van der Waals surface area (Å²) in [6, 6.07) is 11.4. The molecule has 1 amide bonds. The van der Waals surface area contributed by atoms with E-state index in [4.69, 9.17) is 14.2 Å². The smallest absolute Gasteiger partial charge is 0.344 e. The molecule has 0 spiro atoms. The first-order valence-electron chi connectivity index (χ1n) is 10.7. The topological polar surface area (TPSA) is 85.4 Å². The van der Waals surface area contributed by atoms with Gasteiger partial charge in [0.2, 0.25) is 0 Å². The Kier molecular flexibility index (Phi) is 8.23. The van der Waals surface area contributed by atoms with Gasteiger partial charge < -0.3 is 24.0 Å². The largest absolute Gasteiger partial charge is 0.490 e. The average Bonchev–Trinajstić information content (AvgIpc) is 2.82. The van der Waals surface area contributed by atoms with Gasteiger partial charge >= 0.3 is 5.97 Å². The van der Waals surface area contributed by atoms with Crippen LogP contribution < -0.4 is 14.4 Å². The van der Waals surface area contributed by atoms with Gasteiger partial charge in [0.15, 0.2) is 30.5 Å². The normalized spacial score (nSPS) is 13.4. The Hall–Kier alpha value is -3.62. The summed E-state index contributed by atoms with van der Waals surface area (Å²) < 4.78 is 30.3. The Morgan fingerprint density at radius 1 is 0.939 bits per heavy atom. The molecule has 0 radical (unpaired) electrons. The number of benzene rings is 2. The molecule has 0 N–H and O–H groups in total. The lowest BCUT2D eigenvalue weighted by atomic mass is 10.1. The second kappa shape index (κ2) is 11.3. The molecule has 1 aliphatic rings. The fourth-order valence-corrected chi connectivity index (χ4v) is 3.44. The van der Waals surface area contributed by atoms with Crippen LogP contribution in [0.1, 0.15) is 24.2 Å². The van der Waals surface area contributed by atoms with Crippen molar-refractivity contribution >= 4 is 23.3 Å². The maximum Gasteiger partial charge on any atom is 0.344 e. The first-order chi connectivity index (χ1) is 15.9. The number of halogens is 1. The number of Topliss-reactive ketones (excluding diaryl/α,β-unsaturated/α-hetero) is 1. The number of anilines is 1. The second-order valence-electron chi connectivity index (χ2n) is 7.42. The number of ether oxygens (including phenoxy) is 3. The number of hydrogen-bond donors (Lipinski definition) is 0. The van der Waals surface area contributed by atoms with Gasteiger partial charge in [0.1, 0.15) is 5.82 Å². The Bertz CT molecular complexity index is 1000. The summed E-state index contributed by atoms with van der Waals surface area (Å²) in [5, 5.41) is 0. The molecule has 1 fully saturated rings. The van der Waals surface area contributed by atoms with E-state index in [0.717, 1.165) is 0 Å². The summed E-state index contributed by atoms with van der Waals surface area (Å²) in [4.78, 5) is 39.2. The van der Waals surface area contributed by atoms with Gasteiger partial charge in [-0.2, -0.15) is 0 Å². The molecule has 1 saturated heterocycles. The third-order valence-corrected chi connectivity index (χ3v) is 5.18. The van der Waals surface area contributed by atoms with Crippen molar-refractivity contribution in [1.82, 2.24) is 4.90 Å². The SMILES string of the molecule is CCOc1ccccc1OCC(=O)OCC(=O)N1CCN(c2ccc(C(C)=O)cc2F)CC1. The Morgan fingerprint density at radius 3 is 2.21 bits per heavy atom. The molecule has 33 heavy (non-hydrogen) atoms. The van der Waals surface area contributed by atoms with E-state index in [9.17, 15) is 18.8 Å². The molecular formula is C24H27FN2O6. The monoisotopic (exact) mass is 458 g/mol. The van der Waals surface area contributed by atoms with Crippen LogP contribution in [0.5, 0.6) is 11.5 Å². The predicted octanol–water partition coefficient (Wildman–Crippen LogP) is 2.70. The maximum absolute atomic E-state index is 14.4. The highest BCUT2D eigenvalue weighted by molar-refractivity contribution is 5.94. The predicted molar refractivity (Wildman–Crippen MR) is 119 cm³/mol. The molecule has 1 aliphatic heterocycles. The summed E-state index contributed by atoms with van der Waals surface area (Å²) in [6.07, 6.45) is 0. The number of carbonyl (C=O) groups is 3. The van der Waals surface area contributed by atoms with Gasteiger partial charge in [-0.3, -0.25) is 9.59 Å². The molecule has 176 valence electrons. The van der Waals surface area contributed by atoms with Crippen LogP contribution in [0.4, 0.5) is 10.1 Å². The average molecular weight is 458 g/mol. The summed E-state index contributed by atoms with van der Waals surface area (Å²) >= 11 is 0. The molecule has 9 heteroatoms. The molecule has 8 nitrogen and oxygen atoms in total. The number of ketones is 1. The van der Waals surface area contributed by atoms with Crippen LogP contribution in [0.25, 0.3) is 0 Å². The maximum atomic E-state index is 14.4. The van der Waals surface area contributed by atoms with Crippen LogP contribution in [-0.4, -0.2) is 68.6 Å². The highest BCUT2D eigenvalue weighted by Gasteiger charge is 2.24. The van der Waals surface area contributed by atoms with Gasteiger partial charge in [0.05, 0.1) is 12.3 Å². The highest BCUT2D eigenvalue weighted by atomic mass is 19.1. The first kappa shape index (κ1) is 24.0. The van der Waals surface area contributed by atoms with Gasteiger partial charge in [0, 0.05) is 31.7 Å². The lowest BCUT2D eigenvalue weighted by Crippen LogP contribution is -2.50. The van der Waals surface area contributed by atoms with Crippen LogP contribution in [0.15, 0.2) is 42.5 Å². The number of rotatable bonds is 9. The van der Waals surface area contributed by atoms with Crippen molar-refractivity contribution < 1.29 is 33.0 Å². The van der Waals surface area contributed by atoms with E-state index in [1.807, 2.05) is 11.8 Å². The van der Waals surface area contributed by atoms with Crippen molar-refractivity contribution in [2.24, 2.45) is 0 Å². The third kappa shape index (κ3) is 6.44. The molecular weight excluding hydrogens is 431 g/mol. The summed E-state index contributed by atoms with van der Waals surface area (Å²) in [5.74, 6) is -0.723. The third-order valence-electron chi connectivity index (χ3n) is 5.18. The van der Waals surface area contributed by atoms with Crippen LogP contribution in [0, 0.1) is 5.82 Å². The number of amides is 1. The van der Waals surface area contributed by atoms with E-state index in [2.05, 4.69) is 0 Å². The zero-order valence-corrected chi connectivity index (χ0v) is 18.7. The second-order valence-corrected chi connectivity index (χ2v) is 7.42. The van der Waals surface area contributed by atoms with E-state index >= 15 is 0 Å². The number of hydrogen-bond acceptors (Lipinski definition) is 7. The zero-order valence-electron chi connectivity index (χ0n) is 18.7. The molecule has 0 aromatic heterocycles. The molecule has 2 aromatic carbocycles. The fourth-order valence-electron chi connectivity index (χ4n) is 3.44. The van der Waals surface area contributed by atoms with E-state index in [1.54, 1.807) is 41.3 Å². The van der Waals surface area contributed by atoms with Crippen LogP contribution in [0.3, 0.4) is 0 Å². The number of carbonyl (C=O) groups excluding carboxylic acids is 3. The Labute approximate surface area is 191 Å². The molecule has 0 unspecified atom stereocenters. The molecule has 1 heterocycles. The quantitative estimate of drug-likeness (QED) is 0.422. The summed E-state index contributed by atoms with van der Waals surface area (Å²) in [7, 11) is 0. The Morgan fingerprint density at radius 2 is 1.61 bits per heavy atom. The summed E-state index contributed by atoms with van der Waals surface area (Å²) in [6.45, 7) is 4.53.